The van der Waals surface area contributed by atoms with Crippen molar-refractivity contribution in [3.63, 3.8) is 0 Å². The molecule has 0 spiro atoms. The van der Waals surface area contributed by atoms with Gasteiger partial charge < -0.3 is 4.90 Å². The molecule has 1 saturated heterocycles. The lowest BCUT2D eigenvalue weighted by atomic mass is 10.1. The Labute approximate surface area is 154 Å². The fraction of sp³-hybridized carbons (Fsp3) is 0.611. The van der Waals surface area contributed by atoms with E-state index >= 15 is 0 Å². The molecule has 1 aromatic carbocycles. The molecule has 1 fully saturated rings. The Kier molecular flexibility index (Phi) is 6.47. The summed E-state index contributed by atoms with van der Waals surface area (Å²) in [5, 5.41) is 0. The smallest absolute Gasteiger partial charge is 0.302 e. The van der Waals surface area contributed by atoms with Gasteiger partial charge in [0.15, 0.2) is 0 Å². The minimum absolute atomic E-state index is 0.100. The molecule has 0 unspecified atom stereocenters. The standard InChI is InChI=1S/C18H24BrFN2OS/c19-15-12-14(6-5-7-20)13-16-17(15)22(18(23)24-16)11-10-21-8-3-1-2-4-9-21/h12-13H,1-11H2. The fourth-order valence-corrected chi connectivity index (χ4v) is 5.29. The van der Waals surface area contributed by atoms with Crippen LogP contribution in [0.3, 0.4) is 0 Å². The van der Waals surface area contributed by atoms with E-state index in [1.54, 1.807) is 0 Å². The number of aryl methyl sites for hydroxylation is 1. The second-order valence-corrected chi connectivity index (χ2v) is 8.34. The molecule has 0 amide bonds. The van der Waals surface area contributed by atoms with Gasteiger partial charge >= 0.3 is 4.87 Å². The Morgan fingerprint density at radius 1 is 1.12 bits per heavy atom. The van der Waals surface area contributed by atoms with Gasteiger partial charge in [-0.25, -0.2) is 0 Å². The lowest BCUT2D eigenvalue weighted by molar-refractivity contribution is 0.274. The van der Waals surface area contributed by atoms with E-state index in [-0.39, 0.29) is 11.5 Å². The molecule has 0 saturated carbocycles. The van der Waals surface area contributed by atoms with Crippen molar-refractivity contribution < 1.29 is 4.39 Å². The quantitative estimate of drug-likeness (QED) is 0.689. The Morgan fingerprint density at radius 2 is 1.88 bits per heavy atom. The molecule has 6 heteroatoms. The number of hydrogen-bond donors (Lipinski definition) is 0. The van der Waals surface area contributed by atoms with E-state index in [9.17, 15) is 9.18 Å². The highest BCUT2D eigenvalue weighted by Gasteiger charge is 2.14. The van der Waals surface area contributed by atoms with E-state index in [0.717, 1.165) is 46.4 Å². The number of likely N-dealkylation sites (tertiary alicyclic amines) is 1. The molecule has 1 aromatic heterocycles. The molecule has 1 aliphatic rings. The first kappa shape index (κ1) is 18.1. The van der Waals surface area contributed by atoms with Crippen LogP contribution in [-0.4, -0.2) is 35.8 Å². The third-order valence-electron chi connectivity index (χ3n) is 4.71. The second-order valence-electron chi connectivity index (χ2n) is 6.49. The van der Waals surface area contributed by atoms with Crippen molar-refractivity contribution in [1.82, 2.24) is 9.47 Å². The van der Waals surface area contributed by atoms with Crippen molar-refractivity contribution in [2.45, 2.75) is 45.1 Å². The van der Waals surface area contributed by atoms with Gasteiger partial charge in [-0.3, -0.25) is 13.8 Å². The minimum Gasteiger partial charge on any atom is -0.302 e. The molecule has 0 aliphatic carbocycles. The zero-order valence-electron chi connectivity index (χ0n) is 13.9. The molecule has 3 rings (SSSR count). The average molecular weight is 415 g/mol. The summed E-state index contributed by atoms with van der Waals surface area (Å²) >= 11 is 4.92. The number of fused-ring (bicyclic) bond motifs is 1. The summed E-state index contributed by atoms with van der Waals surface area (Å²) in [6.07, 6.45) is 6.42. The molecule has 0 radical (unpaired) electrons. The maximum absolute atomic E-state index is 12.4. The van der Waals surface area contributed by atoms with Crippen molar-refractivity contribution in [3.8, 4) is 0 Å². The molecule has 3 nitrogen and oxygen atoms in total. The molecular weight excluding hydrogens is 391 g/mol. The molecule has 2 aromatic rings. The summed E-state index contributed by atoms with van der Waals surface area (Å²) in [5.41, 5.74) is 2.08. The third kappa shape index (κ3) is 4.27. The van der Waals surface area contributed by atoms with Crippen LogP contribution >= 0.6 is 27.3 Å². The number of rotatable bonds is 6. The van der Waals surface area contributed by atoms with Gasteiger partial charge in [-0.15, -0.1) is 0 Å². The number of nitrogens with zero attached hydrogens (tertiary/aromatic N) is 2. The minimum atomic E-state index is -0.303. The largest absolute Gasteiger partial charge is 0.308 e. The molecule has 0 N–H and O–H groups in total. The van der Waals surface area contributed by atoms with Crippen molar-refractivity contribution in [3.05, 3.63) is 31.8 Å². The van der Waals surface area contributed by atoms with E-state index in [1.807, 2.05) is 16.7 Å². The van der Waals surface area contributed by atoms with Gasteiger partial charge in [0.25, 0.3) is 0 Å². The van der Waals surface area contributed by atoms with E-state index in [4.69, 9.17) is 0 Å². The first-order valence-electron chi connectivity index (χ1n) is 8.79. The van der Waals surface area contributed by atoms with Crippen LogP contribution in [0.15, 0.2) is 21.4 Å². The Bertz CT molecular complexity index is 734. The maximum atomic E-state index is 12.4. The van der Waals surface area contributed by atoms with Crippen molar-refractivity contribution in [1.29, 1.82) is 0 Å². The first-order valence-corrected chi connectivity index (χ1v) is 10.4. The van der Waals surface area contributed by atoms with Gasteiger partial charge in [-0.2, -0.15) is 0 Å². The SMILES string of the molecule is O=c1sc2cc(CCCF)cc(Br)c2n1CCN1CCCCCC1. The topological polar surface area (TPSA) is 25.2 Å². The predicted molar refractivity (Wildman–Crippen MR) is 103 cm³/mol. The molecule has 1 aliphatic heterocycles. The van der Waals surface area contributed by atoms with E-state index in [0.29, 0.717) is 12.8 Å². The molecule has 0 atom stereocenters. The summed E-state index contributed by atoms with van der Waals surface area (Å²) in [4.78, 5) is 15.0. The molecular formula is C18H24BrFN2OS. The van der Waals surface area contributed by atoms with Crippen LogP contribution in [0, 0.1) is 0 Å². The predicted octanol–water partition coefficient (Wildman–Crippen LogP) is 4.60. The highest BCUT2D eigenvalue weighted by atomic mass is 79.9. The van der Waals surface area contributed by atoms with E-state index in [2.05, 4.69) is 20.8 Å². The summed E-state index contributed by atoms with van der Waals surface area (Å²) in [5.74, 6) is 0. The summed E-state index contributed by atoms with van der Waals surface area (Å²) < 4.78 is 16.2. The summed E-state index contributed by atoms with van der Waals surface area (Å²) in [6, 6.07) is 4.08. The van der Waals surface area contributed by atoms with Gasteiger partial charge in [0.2, 0.25) is 0 Å². The van der Waals surface area contributed by atoms with Crippen molar-refractivity contribution in [2.75, 3.05) is 26.3 Å². The second kappa shape index (κ2) is 8.59. The third-order valence-corrected chi connectivity index (χ3v) is 6.24. The van der Waals surface area contributed by atoms with Gasteiger partial charge in [-0.1, -0.05) is 24.2 Å². The van der Waals surface area contributed by atoms with Crippen LogP contribution in [0.2, 0.25) is 0 Å². The number of benzene rings is 1. The zero-order valence-corrected chi connectivity index (χ0v) is 16.3. The van der Waals surface area contributed by atoms with Crippen LogP contribution in [0.5, 0.6) is 0 Å². The molecule has 132 valence electrons. The highest BCUT2D eigenvalue weighted by molar-refractivity contribution is 9.10. The first-order chi connectivity index (χ1) is 11.7. The van der Waals surface area contributed by atoms with Crippen LogP contribution < -0.4 is 4.87 Å². The van der Waals surface area contributed by atoms with Gasteiger partial charge in [-0.05, 0) is 72.4 Å². The number of alkyl halides is 1. The number of halogens is 2. The van der Waals surface area contributed by atoms with Crippen LogP contribution in [0.4, 0.5) is 4.39 Å². The Morgan fingerprint density at radius 3 is 2.58 bits per heavy atom. The Hall–Kier alpha value is -0.720. The summed E-state index contributed by atoms with van der Waals surface area (Å²) in [7, 11) is 0. The normalized spacial score (nSPS) is 16.6. The van der Waals surface area contributed by atoms with Crippen LogP contribution in [-0.2, 0) is 13.0 Å². The zero-order chi connectivity index (χ0) is 16.9. The van der Waals surface area contributed by atoms with Crippen molar-refractivity contribution >= 4 is 37.5 Å². The lowest BCUT2D eigenvalue weighted by Crippen LogP contribution is -2.30. The van der Waals surface area contributed by atoms with E-state index in [1.165, 1.54) is 37.0 Å². The van der Waals surface area contributed by atoms with Gasteiger partial charge in [0, 0.05) is 17.6 Å². The molecule has 0 bridgehead atoms. The molecule has 2 heterocycles. The molecule has 24 heavy (non-hydrogen) atoms. The number of thiazole rings is 1. The number of hydrogen-bond acceptors (Lipinski definition) is 3. The Balaban J connectivity index is 1.80. The average Bonchev–Trinajstić information content (AvgIpc) is 2.74. The van der Waals surface area contributed by atoms with Gasteiger partial charge in [0.1, 0.15) is 0 Å². The number of aromatic nitrogens is 1. The van der Waals surface area contributed by atoms with Crippen LogP contribution in [0.25, 0.3) is 10.2 Å². The van der Waals surface area contributed by atoms with Crippen molar-refractivity contribution in [2.24, 2.45) is 0 Å². The highest BCUT2D eigenvalue weighted by Crippen LogP contribution is 2.28. The van der Waals surface area contributed by atoms with Gasteiger partial charge in [0.05, 0.1) is 16.9 Å². The maximum Gasteiger partial charge on any atom is 0.308 e. The van der Waals surface area contributed by atoms with Crippen LogP contribution in [0.1, 0.15) is 37.7 Å². The summed E-state index contributed by atoms with van der Waals surface area (Å²) in [6.45, 7) is 3.66. The lowest BCUT2D eigenvalue weighted by Gasteiger charge is -2.20. The van der Waals surface area contributed by atoms with E-state index < -0.39 is 0 Å². The monoisotopic (exact) mass is 414 g/mol. The fourth-order valence-electron chi connectivity index (χ4n) is 3.43.